The molecule has 13 heavy (non-hydrogen) atoms. The van der Waals surface area contributed by atoms with Crippen LogP contribution in [0.2, 0.25) is 0 Å². The van der Waals surface area contributed by atoms with Gasteiger partial charge in [-0.15, -0.1) is 0 Å². The van der Waals surface area contributed by atoms with Crippen LogP contribution < -0.4 is 0 Å². The lowest BCUT2D eigenvalue weighted by Crippen LogP contribution is -2.40. The summed E-state index contributed by atoms with van der Waals surface area (Å²) >= 11 is 0. The van der Waals surface area contributed by atoms with Crippen LogP contribution in [0.3, 0.4) is 0 Å². The summed E-state index contributed by atoms with van der Waals surface area (Å²) in [6, 6.07) is 3.16. The molecule has 2 fully saturated rings. The van der Waals surface area contributed by atoms with Gasteiger partial charge in [-0.2, -0.15) is 5.26 Å². The Bertz CT molecular complexity index is 207. The first-order valence-corrected chi connectivity index (χ1v) is 5.45. The molecule has 72 valence electrons. The molecule has 1 saturated carbocycles. The monoisotopic (exact) mass is 178 g/mol. The van der Waals surface area contributed by atoms with Crippen molar-refractivity contribution in [2.24, 2.45) is 11.8 Å². The number of piperidine rings is 1. The summed E-state index contributed by atoms with van der Waals surface area (Å²) in [5.74, 6) is 1.31. The Morgan fingerprint density at radius 3 is 2.31 bits per heavy atom. The highest BCUT2D eigenvalue weighted by molar-refractivity contribution is 4.91. The Kier molecular flexibility index (Phi) is 2.55. The third-order valence-corrected chi connectivity index (χ3v) is 3.59. The van der Waals surface area contributed by atoms with E-state index in [1.165, 1.54) is 12.8 Å². The molecular weight excluding hydrogens is 160 g/mol. The van der Waals surface area contributed by atoms with Gasteiger partial charge in [-0.25, -0.2) is 0 Å². The van der Waals surface area contributed by atoms with E-state index < -0.39 is 0 Å². The van der Waals surface area contributed by atoms with Gasteiger partial charge >= 0.3 is 0 Å². The standard InChI is InChI=1S/C11H18N2/c1-9(11-2-3-11)13-6-4-10(8-12)5-7-13/h9-11H,2-7H2,1H3. The summed E-state index contributed by atoms with van der Waals surface area (Å²) in [4.78, 5) is 2.57. The summed E-state index contributed by atoms with van der Waals surface area (Å²) < 4.78 is 0. The quantitative estimate of drug-likeness (QED) is 0.647. The van der Waals surface area contributed by atoms with Gasteiger partial charge in [0.25, 0.3) is 0 Å². The second kappa shape index (κ2) is 3.67. The van der Waals surface area contributed by atoms with Crippen LogP contribution in [-0.4, -0.2) is 24.0 Å². The lowest BCUT2D eigenvalue weighted by Gasteiger charge is -2.34. The van der Waals surface area contributed by atoms with Crippen LogP contribution in [0.15, 0.2) is 0 Å². The molecule has 1 unspecified atom stereocenters. The van der Waals surface area contributed by atoms with E-state index in [9.17, 15) is 0 Å². The molecule has 0 spiro atoms. The first-order chi connectivity index (χ1) is 6.31. The maximum Gasteiger partial charge on any atom is 0.0656 e. The Morgan fingerprint density at radius 2 is 1.85 bits per heavy atom. The van der Waals surface area contributed by atoms with Crippen LogP contribution in [0, 0.1) is 23.2 Å². The predicted molar refractivity (Wildman–Crippen MR) is 52.1 cm³/mol. The third-order valence-electron chi connectivity index (χ3n) is 3.59. The molecule has 1 atom stereocenters. The second-order valence-electron chi connectivity index (χ2n) is 4.52. The van der Waals surface area contributed by atoms with Crippen LogP contribution in [-0.2, 0) is 0 Å². The van der Waals surface area contributed by atoms with E-state index in [2.05, 4.69) is 17.9 Å². The molecule has 0 aromatic heterocycles. The van der Waals surface area contributed by atoms with Crippen molar-refractivity contribution >= 4 is 0 Å². The molecule has 1 heterocycles. The van der Waals surface area contributed by atoms with E-state index in [0.717, 1.165) is 37.9 Å². The number of rotatable bonds is 2. The zero-order valence-electron chi connectivity index (χ0n) is 8.37. The minimum Gasteiger partial charge on any atom is -0.300 e. The first kappa shape index (κ1) is 9.02. The van der Waals surface area contributed by atoms with Gasteiger partial charge in [0.05, 0.1) is 6.07 Å². The topological polar surface area (TPSA) is 27.0 Å². The smallest absolute Gasteiger partial charge is 0.0656 e. The van der Waals surface area contributed by atoms with Gasteiger partial charge in [-0.05, 0) is 51.6 Å². The molecule has 1 aliphatic heterocycles. The molecule has 1 aliphatic carbocycles. The van der Waals surface area contributed by atoms with Gasteiger partial charge in [0, 0.05) is 12.0 Å². The normalized spacial score (nSPS) is 28.3. The Balaban J connectivity index is 1.80. The molecule has 0 N–H and O–H groups in total. The molecule has 2 aliphatic rings. The van der Waals surface area contributed by atoms with E-state index in [-0.39, 0.29) is 0 Å². The van der Waals surface area contributed by atoms with Crippen LogP contribution in [0.5, 0.6) is 0 Å². The van der Waals surface area contributed by atoms with E-state index in [4.69, 9.17) is 5.26 Å². The van der Waals surface area contributed by atoms with Gasteiger partial charge < -0.3 is 4.90 Å². The van der Waals surface area contributed by atoms with Crippen molar-refractivity contribution in [2.75, 3.05) is 13.1 Å². The van der Waals surface area contributed by atoms with E-state index in [1.54, 1.807) is 0 Å². The Hall–Kier alpha value is -0.550. The van der Waals surface area contributed by atoms with Crippen molar-refractivity contribution in [2.45, 2.75) is 38.6 Å². The highest BCUT2D eigenvalue weighted by Gasteiger charge is 2.33. The number of hydrogen-bond acceptors (Lipinski definition) is 2. The highest BCUT2D eigenvalue weighted by atomic mass is 15.2. The number of hydrogen-bond donors (Lipinski definition) is 0. The zero-order valence-corrected chi connectivity index (χ0v) is 8.37. The Labute approximate surface area is 80.5 Å². The summed E-state index contributed by atoms with van der Waals surface area (Å²) in [5, 5.41) is 8.77. The van der Waals surface area contributed by atoms with Crippen molar-refractivity contribution in [3.8, 4) is 6.07 Å². The van der Waals surface area contributed by atoms with Crippen molar-refractivity contribution < 1.29 is 0 Å². The van der Waals surface area contributed by atoms with Crippen molar-refractivity contribution in [3.05, 3.63) is 0 Å². The number of nitriles is 1. The van der Waals surface area contributed by atoms with Gasteiger partial charge in [-0.3, -0.25) is 0 Å². The van der Waals surface area contributed by atoms with Gasteiger partial charge in [-0.1, -0.05) is 0 Å². The molecule has 2 rings (SSSR count). The first-order valence-electron chi connectivity index (χ1n) is 5.45. The van der Waals surface area contributed by atoms with E-state index in [0.29, 0.717) is 5.92 Å². The average molecular weight is 178 g/mol. The fourth-order valence-electron chi connectivity index (χ4n) is 2.31. The summed E-state index contributed by atoms with van der Waals surface area (Å²) in [6.07, 6.45) is 5.04. The van der Waals surface area contributed by atoms with Gasteiger partial charge in [0.1, 0.15) is 0 Å². The maximum atomic E-state index is 8.77. The largest absolute Gasteiger partial charge is 0.300 e. The minimum absolute atomic E-state index is 0.336. The summed E-state index contributed by atoms with van der Waals surface area (Å²) in [7, 11) is 0. The molecule has 0 radical (unpaired) electrons. The third kappa shape index (κ3) is 2.03. The fourth-order valence-corrected chi connectivity index (χ4v) is 2.31. The predicted octanol–water partition coefficient (Wildman–Crippen LogP) is 2.02. The van der Waals surface area contributed by atoms with E-state index in [1.807, 2.05) is 0 Å². The minimum atomic E-state index is 0.336. The van der Waals surface area contributed by atoms with Crippen molar-refractivity contribution in [1.82, 2.24) is 4.90 Å². The average Bonchev–Trinajstić information content (AvgIpc) is 3.00. The molecule has 0 aromatic rings. The van der Waals surface area contributed by atoms with Crippen LogP contribution in [0.4, 0.5) is 0 Å². The fraction of sp³-hybridized carbons (Fsp3) is 0.909. The number of nitrogens with zero attached hydrogens (tertiary/aromatic N) is 2. The summed E-state index contributed by atoms with van der Waals surface area (Å²) in [6.45, 7) is 4.65. The highest BCUT2D eigenvalue weighted by Crippen LogP contribution is 2.36. The van der Waals surface area contributed by atoms with Crippen molar-refractivity contribution in [1.29, 1.82) is 5.26 Å². The SMILES string of the molecule is CC(C1CC1)N1CCC(C#N)CC1. The molecule has 0 amide bonds. The molecule has 2 nitrogen and oxygen atoms in total. The molecule has 1 saturated heterocycles. The molecule has 0 aromatic carbocycles. The van der Waals surface area contributed by atoms with Crippen molar-refractivity contribution in [3.63, 3.8) is 0 Å². The lowest BCUT2D eigenvalue weighted by molar-refractivity contribution is 0.142. The molecule has 0 bridgehead atoms. The van der Waals surface area contributed by atoms with Gasteiger partial charge in [0.2, 0.25) is 0 Å². The zero-order chi connectivity index (χ0) is 9.26. The van der Waals surface area contributed by atoms with E-state index >= 15 is 0 Å². The maximum absolute atomic E-state index is 8.77. The summed E-state index contributed by atoms with van der Waals surface area (Å²) in [5.41, 5.74) is 0. The Morgan fingerprint density at radius 1 is 1.23 bits per heavy atom. The molecule has 2 heteroatoms. The lowest BCUT2D eigenvalue weighted by atomic mass is 9.97. The second-order valence-corrected chi connectivity index (χ2v) is 4.52. The number of likely N-dealkylation sites (tertiary alicyclic amines) is 1. The van der Waals surface area contributed by atoms with Crippen LogP contribution in [0.25, 0.3) is 0 Å². The van der Waals surface area contributed by atoms with Crippen LogP contribution in [0.1, 0.15) is 32.6 Å². The van der Waals surface area contributed by atoms with Crippen LogP contribution >= 0.6 is 0 Å². The van der Waals surface area contributed by atoms with Gasteiger partial charge in [0.15, 0.2) is 0 Å². The molecular formula is C11H18N2.